The Kier molecular flexibility index (Phi) is 4.33. The van der Waals surface area contributed by atoms with Gasteiger partial charge >= 0.3 is 6.36 Å². The first-order chi connectivity index (χ1) is 9.98. The number of alkyl halides is 3. The summed E-state index contributed by atoms with van der Waals surface area (Å²) in [5.41, 5.74) is 1.71. The van der Waals surface area contributed by atoms with E-state index < -0.39 is 6.36 Å². The fourth-order valence-corrected chi connectivity index (χ4v) is 1.78. The molecule has 0 unspecified atom stereocenters. The molecule has 2 aromatic carbocycles. The van der Waals surface area contributed by atoms with Crippen molar-refractivity contribution < 1.29 is 17.9 Å². The number of hydrogen-bond acceptors (Lipinski definition) is 3. The SMILES string of the molecule is N#Cc1ccccc1NCc1cccc(OC(F)(F)F)c1. The highest BCUT2D eigenvalue weighted by Gasteiger charge is 2.31. The van der Waals surface area contributed by atoms with E-state index in [0.717, 1.165) is 0 Å². The minimum absolute atomic E-state index is 0.268. The largest absolute Gasteiger partial charge is 0.573 e. The monoisotopic (exact) mass is 292 g/mol. The Balaban J connectivity index is 2.07. The molecule has 0 saturated heterocycles. The van der Waals surface area contributed by atoms with Gasteiger partial charge in [0, 0.05) is 6.54 Å². The van der Waals surface area contributed by atoms with Gasteiger partial charge in [-0.2, -0.15) is 5.26 Å². The summed E-state index contributed by atoms with van der Waals surface area (Å²) >= 11 is 0. The molecule has 0 saturated carbocycles. The number of para-hydroxylation sites is 1. The molecule has 3 nitrogen and oxygen atoms in total. The molecular weight excluding hydrogens is 281 g/mol. The van der Waals surface area contributed by atoms with Crippen LogP contribution in [0.1, 0.15) is 11.1 Å². The van der Waals surface area contributed by atoms with Gasteiger partial charge in [-0.15, -0.1) is 13.2 Å². The van der Waals surface area contributed by atoms with Gasteiger partial charge in [-0.25, -0.2) is 0 Å². The number of nitrogens with zero attached hydrogens (tertiary/aromatic N) is 1. The molecule has 0 aromatic heterocycles. The maximum Gasteiger partial charge on any atom is 0.573 e. The van der Waals surface area contributed by atoms with Gasteiger partial charge < -0.3 is 10.1 Å². The molecule has 0 amide bonds. The van der Waals surface area contributed by atoms with Crippen LogP contribution >= 0.6 is 0 Å². The zero-order chi connectivity index (χ0) is 15.3. The summed E-state index contributed by atoms with van der Waals surface area (Å²) in [6.45, 7) is 0.285. The van der Waals surface area contributed by atoms with Crippen molar-refractivity contribution in [3.05, 3.63) is 59.7 Å². The van der Waals surface area contributed by atoms with Gasteiger partial charge in [0.2, 0.25) is 0 Å². The maximum atomic E-state index is 12.1. The molecule has 108 valence electrons. The summed E-state index contributed by atoms with van der Waals surface area (Å²) in [6.07, 6.45) is -4.71. The van der Waals surface area contributed by atoms with Gasteiger partial charge in [-0.05, 0) is 29.8 Å². The van der Waals surface area contributed by atoms with E-state index in [2.05, 4.69) is 10.1 Å². The van der Waals surface area contributed by atoms with E-state index in [9.17, 15) is 13.2 Å². The second-order valence-corrected chi connectivity index (χ2v) is 4.21. The number of hydrogen-bond donors (Lipinski definition) is 1. The zero-order valence-electron chi connectivity index (χ0n) is 10.8. The van der Waals surface area contributed by atoms with Crippen LogP contribution in [0.5, 0.6) is 5.75 Å². The van der Waals surface area contributed by atoms with Crippen LogP contribution in [-0.2, 0) is 6.54 Å². The van der Waals surface area contributed by atoms with Gasteiger partial charge in [0.25, 0.3) is 0 Å². The molecule has 0 radical (unpaired) electrons. The standard InChI is InChI=1S/C15H11F3N2O/c16-15(17,18)21-13-6-3-4-11(8-13)10-20-14-7-2-1-5-12(14)9-19/h1-8,20H,10H2. The Morgan fingerprint density at radius 2 is 1.86 bits per heavy atom. The molecule has 21 heavy (non-hydrogen) atoms. The topological polar surface area (TPSA) is 45.0 Å². The average molecular weight is 292 g/mol. The maximum absolute atomic E-state index is 12.1. The highest BCUT2D eigenvalue weighted by molar-refractivity contribution is 5.57. The van der Waals surface area contributed by atoms with Gasteiger partial charge in [-0.1, -0.05) is 24.3 Å². The molecule has 0 aliphatic heterocycles. The molecular formula is C15H11F3N2O. The Morgan fingerprint density at radius 3 is 2.57 bits per heavy atom. The van der Waals surface area contributed by atoms with Crippen molar-refractivity contribution in [3.63, 3.8) is 0 Å². The lowest BCUT2D eigenvalue weighted by atomic mass is 10.1. The third-order valence-corrected chi connectivity index (χ3v) is 2.66. The Labute approximate surface area is 119 Å². The first-order valence-electron chi connectivity index (χ1n) is 6.05. The quantitative estimate of drug-likeness (QED) is 0.924. The molecule has 0 aliphatic rings. The van der Waals surface area contributed by atoms with E-state index in [-0.39, 0.29) is 12.3 Å². The van der Waals surface area contributed by atoms with Gasteiger partial charge in [-0.3, -0.25) is 0 Å². The van der Waals surface area contributed by atoms with Crippen molar-refractivity contribution >= 4 is 5.69 Å². The van der Waals surface area contributed by atoms with E-state index in [1.54, 1.807) is 30.3 Å². The Bertz CT molecular complexity index is 662. The number of halogens is 3. The van der Waals surface area contributed by atoms with Crippen LogP contribution in [0.4, 0.5) is 18.9 Å². The summed E-state index contributed by atoms with van der Waals surface area (Å²) in [5, 5.41) is 12.0. The minimum atomic E-state index is -4.71. The third kappa shape index (κ3) is 4.42. The lowest BCUT2D eigenvalue weighted by Gasteiger charge is -2.11. The smallest absolute Gasteiger partial charge is 0.406 e. The number of nitrogens with one attached hydrogen (secondary N) is 1. The van der Waals surface area contributed by atoms with E-state index >= 15 is 0 Å². The molecule has 2 rings (SSSR count). The fourth-order valence-electron chi connectivity index (χ4n) is 1.78. The van der Waals surface area contributed by atoms with Crippen molar-refractivity contribution in [2.24, 2.45) is 0 Å². The molecule has 1 N–H and O–H groups in total. The second kappa shape index (κ2) is 6.18. The van der Waals surface area contributed by atoms with Gasteiger partial charge in [0.15, 0.2) is 0 Å². The number of nitriles is 1. The van der Waals surface area contributed by atoms with E-state index in [1.807, 2.05) is 6.07 Å². The Morgan fingerprint density at radius 1 is 1.10 bits per heavy atom. The van der Waals surface area contributed by atoms with Crippen molar-refractivity contribution in [2.75, 3.05) is 5.32 Å². The number of benzene rings is 2. The summed E-state index contributed by atoms with van der Waals surface area (Å²) < 4.78 is 40.3. The van der Waals surface area contributed by atoms with Crippen molar-refractivity contribution in [3.8, 4) is 11.8 Å². The molecule has 2 aromatic rings. The van der Waals surface area contributed by atoms with E-state index in [0.29, 0.717) is 16.8 Å². The van der Waals surface area contributed by atoms with Gasteiger partial charge in [0.05, 0.1) is 11.3 Å². The van der Waals surface area contributed by atoms with E-state index in [1.165, 1.54) is 18.2 Å². The number of anilines is 1. The second-order valence-electron chi connectivity index (χ2n) is 4.21. The molecule has 0 heterocycles. The molecule has 0 fully saturated rings. The molecule has 0 aliphatic carbocycles. The molecule has 0 spiro atoms. The number of ether oxygens (including phenoxy) is 1. The van der Waals surface area contributed by atoms with Crippen LogP contribution in [-0.4, -0.2) is 6.36 Å². The van der Waals surface area contributed by atoms with Crippen LogP contribution in [0.15, 0.2) is 48.5 Å². The first kappa shape index (κ1) is 14.7. The number of rotatable bonds is 4. The Hall–Kier alpha value is -2.68. The average Bonchev–Trinajstić information content (AvgIpc) is 2.44. The predicted octanol–water partition coefficient (Wildman–Crippen LogP) is 4.07. The first-order valence-corrected chi connectivity index (χ1v) is 6.05. The summed E-state index contributed by atoms with van der Waals surface area (Å²) in [5.74, 6) is -0.268. The van der Waals surface area contributed by atoms with Crippen molar-refractivity contribution in [1.29, 1.82) is 5.26 Å². The van der Waals surface area contributed by atoms with Gasteiger partial charge in [0.1, 0.15) is 11.8 Å². The van der Waals surface area contributed by atoms with Crippen LogP contribution in [0.3, 0.4) is 0 Å². The van der Waals surface area contributed by atoms with Crippen LogP contribution < -0.4 is 10.1 Å². The summed E-state index contributed by atoms with van der Waals surface area (Å²) in [4.78, 5) is 0. The van der Waals surface area contributed by atoms with Crippen LogP contribution in [0, 0.1) is 11.3 Å². The lowest BCUT2D eigenvalue weighted by molar-refractivity contribution is -0.274. The minimum Gasteiger partial charge on any atom is -0.406 e. The van der Waals surface area contributed by atoms with Crippen molar-refractivity contribution in [2.45, 2.75) is 12.9 Å². The summed E-state index contributed by atoms with van der Waals surface area (Å²) in [7, 11) is 0. The zero-order valence-corrected chi connectivity index (χ0v) is 10.8. The molecule has 6 heteroatoms. The van der Waals surface area contributed by atoms with Crippen LogP contribution in [0.2, 0.25) is 0 Å². The molecule has 0 bridgehead atoms. The summed E-state index contributed by atoms with van der Waals surface area (Å²) in [6, 6.07) is 14.6. The highest BCUT2D eigenvalue weighted by atomic mass is 19.4. The van der Waals surface area contributed by atoms with Crippen LogP contribution in [0.25, 0.3) is 0 Å². The fraction of sp³-hybridized carbons (Fsp3) is 0.133. The lowest BCUT2D eigenvalue weighted by Crippen LogP contribution is -2.17. The van der Waals surface area contributed by atoms with Crippen molar-refractivity contribution in [1.82, 2.24) is 0 Å². The molecule has 0 atom stereocenters. The highest BCUT2D eigenvalue weighted by Crippen LogP contribution is 2.24. The predicted molar refractivity (Wildman–Crippen MR) is 71.6 cm³/mol. The van der Waals surface area contributed by atoms with E-state index in [4.69, 9.17) is 5.26 Å². The normalized spacial score (nSPS) is 10.8. The third-order valence-electron chi connectivity index (χ3n) is 2.66.